The average molecular weight is 288 g/mol. The number of carbonyl (C=O) groups is 1. The van der Waals surface area contributed by atoms with Crippen LogP contribution in [0, 0.1) is 5.92 Å². The second-order valence-corrected chi connectivity index (χ2v) is 5.64. The summed E-state index contributed by atoms with van der Waals surface area (Å²) in [6.07, 6.45) is 7.98. The van der Waals surface area contributed by atoms with Gasteiger partial charge < -0.3 is 10.1 Å². The molecule has 4 nitrogen and oxygen atoms in total. The summed E-state index contributed by atoms with van der Waals surface area (Å²) in [5.74, 6) is 1.39. The molecule has 0 saturated heterocycles. The fourth-order valence-corrected chi connectivity index (χ4v) is 2.49. The van der Waals surface area contributed by atoms with E-state index in [-0.39, 0.29) is 5.91 Å². The van der Waals surface area contributed by atoms with Crippen LogP contribution >= 0.6 is 0 Å². The third-order valence-electron chi connectivity index (χ3n) is 3.81. The van der Waals surface area contributed by atoms with Crippen molar-refractivity contribution in [2.24, 2.45) is 5.92 Å². The van der Waals surface area contributed by atoms with Crippen LogP contribution in [0.15, 0.2) is 30.0 Å². The smallest absolute Gasteiger partial charge is 0.244 e. The van der Waals surface area contributed by atoms with E-state index in [0.717, 1.165) is 24.3 Å². The van der Waals surface area contributed by atoms with Gasteiger partial charge in [0.2, 0.25) is 11.8 Å². The molecule has 114 valence electrons. The minimum atomic E-state index is -0.00525. The molecule has 1 aromatic heterocycles. The number of aromatic nitrogens is 1. The standard InChI is InChI=1S/C17H24N2O2/c1-3-21-17-11-15(8-9-18-17)12-19-16(20)10-14-6-4-13(2)5-7-14/h8-11,13H,3-7,12H2,1-2H3,(H,19,20). The monoisotopic (exact) mass is 288 g/mol. The van der Waals surface area contributed by atoms with Crippen molar-refractivity contribution in [2.75, 3.05) is 6.61 Å². The van der Waals surface area contributed by atoms with Crippen molar-refractivity contribution in [1.29, 1.82) is 0 Å². The van der Waals surface area contributed by atoms with Gasteiger partial charge >= 0.3 is 0 Å². The van der Waals surface area contributed by atoms with Gasteiger partial charge in [-0.15, -0.1) is 0 Å². The van der Waals surface area contributed by atoms with E-state index >= 15 is 0 Å². The lowest BCUT2D eigenvalue weighted by Gasteiger charge is -2.19. The molecule has 1 amide bonds. The summed E-state index contributed by atoms with van der Waals surface area (Å²) in [6, 6.07) is 3.75. The molecule has 21 heavy (non-hydrogen) atoms. The number of allylic oxidation sites excluding steroid dienone is 1. The first-order valence-electron chi connectivity index (χ1n) is 7.72. The molecule has 1 N–H and O–H groups in total. The fraction of sp³-hybridized carbons (Fsp3) is 0.529. The van der Waals surface area contributed by atoms with Crippen LogP contribution in [-0.4, -0.2) is 17.5 Å². The maximum atomic E-state index is 11.9. The summed E-state index contributed by atoms with van der Waals surface area (Å²) in [5, 5.41) is 2.93. The molecule has 4 heteroatoms. The van der Waals surface area contributed by atoms with Crippen LogP contribution in [0.4, 0.5) is 0 Å². The van der Waals surface area contributed by atoms with Crippen LogP contribution in [0.25, 0.3) is 0 Å². The first kappa shape index (κ1) is 15.5. The minimum Gasteiger partial charge on any atom is -0.478 e. The van der Waals surface area contributed by atoms with Gasteiger partial charge in [-0.1, -0.05) is 12.5 Å². The van der Waals surface area contributed by atoms with Gasteiger partial charge in [0.25, 0.3) is 0 Å². The topological polar surface area (TPSA) is 51.2 Å². The zero-order chi connectivity index (χ0) is 15.1. The second-order valence-electron chi connectivity index (χ2n) is 5.64. The van der Waals surface area contributed by atoms with E-state index in [1.54, 1.807) is 12.3 Å². The van der Waals surface area contributed by atoms with Crippen molar-refractivity contribution < 1.29 is 9.53 Å². The maximum Gasteiger partial charge on any atom is 0.244 e. The fourth-order valence-electron chi connectivity index (χ4n) is 2.49. The number of carbonyl (C=O) groups excluding carboxylic acids is 1. The van der Waals surface area contributed by atoms with E-state index in [0.29, 0.717) is 19.0 Å². The van der Waals surface area contributed by atoms with Crippen LogP contribution in [-0.2, 0) is 11.3 Å². The highest BCUT2D eigenvalue weighted by Crippen LogP contribution is 2.27. The molecule has 1 aromatic rings. The zero-order valence-electron chi connectivity index (χ0n) is 12.9. The first-order valence-corrected chi connectivity index (χ1v) is 7.72. The Kier molecular flexibility index (Phi) is 5.78. The normalized spacial score (nSPS) is 18.2. The molecule has 0 spiro atoms. The lowest BCUT2D eigenvalue weighted by molar-refractivity contribution is -0.116. The molecule has 1 aliphatic carbocycles. The highest BCUT2D eigenvalue weighted by atomic mass is 16.5. The van der Waals surface area contributed by atoms with Gasteiger partial charge in [-0.3, -0.25) is 4.79 Å². The number of amides is 1. The van der Waals surface area contributed by atoms with E-state index in [2.05, 4.69) is 17.2 Å². The second kappa shape index (κ2) is 7.81. The first-order chi connectivity index (χ1) is 10.2. The van der Waals surface area contributed by atoms with Gasteiger partial charge in [0, 0.05) is 24.9 Å². The third-order valence-corrected chi connectivity index (χ3v) is 3.81. The maximum absolute atomic E-state index is 11.9. The Morgan fingerprint density at radius 1 is 1.48 bits per heavy atom. The zero-order valence-corrected chi connectivity index (χ0v) is 12.9. The Morgan fingerprint density at radius 2 is 2.24 bits per heavy atom. The van der Waals surface area contributed by atoms with Crippen LogP contribution in [0.3, 0.4) is 0 Å². The average Bonchev–Trinajstić information content (AvgIpc) is 2.48. The van der Waals surface area contributed by atoms with Crippen molar-refractivity contribution >= 4 is 5.91 Å². The van der Waals surface area contributed by atoms with Crippen LogP contribution in [0.1, 0.15) is 45.1 Å². The van der Waals surface area contributed by atoms with E-state index in [4.69, 9.17) is 4.74 Å². The predicted molar refractivity (Wildman–Crippen MR) is 83.0 cm³/mol. The molecular weight excluding hydrogens is 264 g/mol. The SMILES string of the molecule is CCOc1cc(CNC(=O)C=C2CCC(C)CC2)ccn1. The van der Waals surface area contributed by atoms with Gasteiger partial charge in [-0.25, -0.2) is 4.98 Å². The number of ether oxygens (including phenoxy) is 1. The molecule has 2 rings (SSSR count). The Morgan fingerprint density at radius 3 is 2.95 bits per heavy atom. The Balaban J connectivity index is 1.83. The van der Waals surface area contributed by atoms with Crippen LogP contribution in [0.2, 0.25) is 0 Å². The Labute approximate surface area is 126 Å². The van der Waals surface area contributed by atoms with Crippen molar-refractivity contribution in [1.82, 2.24) is 10.3 Å². The molecule has 0 radical (unpaired) electrons. The highest BCUT2D eigenvalue weighted by molar-refractivity contribution is 5.88. The molecule has 0 aromatic carbocycles. The summed E-state index contributed by atoms with van der Waals surface area (Å²) >= 11 is 0. The molecule has 1 saturated carbocycles. The Bertz CT molecular complexity index is 501. The number of nitrogens with one attached hydrogen (secondary N) is 1. The summed E-state index contributed by atoms with van der Waals surface area (Å²) in [6.45, 7) is 5.29. The number of pyridine rings is 1. The van der Waals surface area contributed by atoms with E-state index in [9.17, 15) is 4.79 Å². The van der Waals surface area contributed by atoms with E-state index < -0.39 is 0 Å². The lowest BCUT2D eigenvalue weighted by Crippen LogP contribution is -2.21. The Hall–Kier alpha value is -1.84. The number of rotatable bonds is 5. The predicted octanol–water partition coefficient (Wildman–Crippen LogP) is 3.23. The molecule has 1 aliphatic rings. The summed E-state index contributed by atoms with van der Waals surface area (Å²) < 4.78 is 5.35. The summed E-state index contributed by atoms with van der Waals surface area (Å²) in [7, 11) is 0. The minimum absolute atomic E-state index is 0.00525. The number of nitrogens with zero attached hydrogens (tertiary/aromatic N) is 1. The number of hydrogen-bond acceptors (Lipinski definition) is 3. The van der Waals surface area contributed by atoms with Gasteiger partial charge in [-0.2, -0.15) is 0 Å². The van der Waals surface area contributed by atoms with Crippen molar-refractivity contribution in [3.05, 3.63) is 35.5 Å². The molecule has 0 unspecified atom stereocenters. The third kappa shape index (κ3) is 5.21. The van der Waals surface area contributed by atoms with Gasteiger partial charge in [0.05, 0.1) is 6.61 Å². The van der Waals surface area contributed by atoms with Crippen LogP contribution in [0.5, 0.6) is 5.88 Å². The molecule has 0 atom stereocenters. The highest BCUT2D eigenvalue weighted by Gasteiger charge is 2.13. The molecule has 0 bridgehead atoms. The molecular formula is C17H24N2O2. The van der Waals surface area contributed by atoms with Gasteiger partial charge in [0.15, 0.2) is 0 Å². The quantitative estimate of drug-likeness (QED) is 0.846. The van der Waals surface area contributed by atoms with Gasteiger partial charge in [0.1, 0.15) is 0 Å². The van der Waals surface area contributed by atoms with Crippen molar-refractivity contribution in [2.45, 2.75) is 46.1 Å². The van der Waals surface area contributed by atoms with E-state index in [1.165, 1.54) is 18.4 Å². The lowest BCUT2D eigenvalue weighted by atomic mass is 9.87. The van der Waals surface area contributed by atoms with E-state index in [1.807, 2.05) is 19.1 Å². The van der Waals surface area contributed by atoms with Crippen molar-refractivity contribution in [3.8, 4) is 5.88 Å². The van der Waals surface area contributed by atoms with Gasteiger partial charge in [-0.05, 0) is 50.2 Å². The summed E-state index contributed by atoms with van der Waals surface area (Å²) in [5.41, 5.74) is 2.27. The largest absolute Gasteiger partial charge is 0.478 e. The molecule has 0 aliphatic heterocycles. The van der Waals surface area contributed by atoms with Crippen molar-refractivity contribution in [3.63, 3.8) is 0 Å². The number of hydrogen-bond donors (Lipinski definition) is 1. The molecule has 1 heterocycles. The summed E-state index contributed by atoms with van der Waals surface area (Å²) in [4.78, 5) is 16.1. The molecule has 1 fully saturated rings. The van der Waals surface area contributed by atoms with Crippen LogP contribution < -0.4 is 10.1 Å².